The molecule has 0 unspecified atom stereocenters. The molecule has 9 rings (SSSR count). The lowest BCUT2D eigenvalue weighted by molar-refractivity contribution is 0.0926. The quantitative estimate of drug-likeness (QED) is 0.174. The summed E-state index contributed by atoms with van der Waals surface area (Å²) in [6.45, 7) is 3.71. The highest BCUT2D eigenvalue weighted by Gasteiger charge is 2.40. The summed E-state index contributed by atoms with van der Waals surface area (Å²) in [6, 6.07) is 45.5. The number of para-hydroxylation sites is 2. The molecule has 0 atom stereocenters. The van der Waals surface area contributed by atoms with Crippen LogP contribution >= 0.6 is 0 Å². The molecule has 0 radical (unpaired) electrons. The zero-order valence-electron chi connectivity index (χ0n) is 27.3. The molecule has 7 heteroatoms. The van der Waals surface area contributed by atoms with Gasteiger partial charge in [-0.05, 0) is 60.9 Å². The van der Waals surface area contributed by atoms with E-state index in [4.69, 9.17) is 9.97 Å². The van der Waals surface area contributed by atoms with Crippen molar-refractivity contribution in [3.8, 4) is 39.3 Å². The third-order valence-electron chi connectivity index (χ3n) is 9.36. The highest BCUT2D eigenvalue weighted by atomic mass is 16.2. The first-order valence-corrected chi connectivity index (χ1v) is 16.5. The first-order valence-electron chi connectivity index (χ1n) is 16.5. The number of fused-ring (bicyclic) bond motifs is 4. The molecule has 8 aromatic rings. The first kappa shape index (κ1) is 29.4. The summed E-state index contributed by atoms with van der Waals surface area (Å²) in [4.78, 5) is 44.6. The van der Waals surface area contributed by atoms with Gasteiger partial charge in [0.2, 0.25) is 0 Å². The summed E-state index contributed by atoms with van der Waals surface area (Å²) in [5, 5.41) is 2.00. The number of benzene rings is 6. The lowest BCUT2D eigenvalue weighted by Crippen LogP contribution is -2.30. The van der Waals surface area contributed by atoms with Crippen molar-refractivity contribution in [2.45, 2.75) is 13.8 Å². The Morgan fingerprint density at radius 3 is 1.88 bits per heavy atom. The zero-order valence-corrected chi connectivity index (χ0v) is 27.3. The standard InChI is InChI=1S/C43H29N5O2/c1-26-44-27(2)46-41(45-26)35-20-11-18-33-32-17-9-10-21-36(32)47(40(33)35)37-22-12-19-34-39(37)43(50)48(42(34)49)38-25-30(28-13-5-3-6-14-28)23-24-31(38)29-15-7-4-8-16-29/h3-25H,1-2H3. The van der Waals surface area contributed by atoms with Crippen molar-refractivity contribution in [3.63, 3.8) is 0 Å². The Balaban J connectivity index is 1.29. The predicted octanol–water partition coefficient (Wildman–Crippen LogP) is 9.39. The molecule has 2 aromatic heterocycles. The van der Waals surface area contributed by atoms with Crippen LogP contribution in [0.3, 0.4) is 0 Å². The molecule has 0 aliphatic carbocycles. The predicted molar refractivity (Wildman–Crippen MR) is 198 cm³/mol. The minimum absolute atomic E-state index is 0.349. The molecule has 7 nitrogen and oxygen atoms in total. The minimum atomic E-state index is -0.377. The molecule has 0 saturated heterocycles. The van der Waals surface area contributed by atoms with Gasteiger partial charge in [-0.25, -0.2) is 19.9 Å². The van der Waals surface area contributed by atoms with E-state index in [1.807, 2.05) is 135 Å². The number of anilines is 1. The molecule has 0 bridgehead atoms. The number of carbonyl (C=O) groups is 2. The lowest BCUT2D eigenvalue weighted by atomic mass is 9.97. The Hall–Kier alpha value is -6.73. The maximum atomic E-state index is 14.9. The van der Waals surface area contributed by atoms with E-state index < -0.39 is 0 Å². The lowest BCUT2D eigenvalue weighted by Gasteiger charge is -2.20. The maximum absolute atomic E-state index is 14.9. The minimum Gasteiger partial charge on any atom is -0.308 e. The summed E-state index contributed by atoms with van der Waals surface area (Å²) in [5.74, 6) is 1.05. The number of aryl methyl sites for hydroxylation is 2. The monoisotopic (exact) mass is 647 g/mol. The fraction of sp³-hybridized carbons (Fsp3) is 0.0465. The number of nitrogens with zero attached hydrogens (tertiary/aromatic N) is 5. The average Bonchev–Trinajstić information content (AvgIpc) is 3.62. The summed E-state index contributed by atoms with van der Waals surface area (Å²) < 4.78 is 2.08. The molecule has 1 aliphatic heterocycles. The smallest absolute Gasteiger partial charge is 0.268 e. The second kappa shape index (κ2) is 11.5. The molecule has 0 fully saturated rings. The van der Waals surface area contributed by atoms with Gasteiger partial charge in [0.1, 0.15) is 11.6 Å². The van der Waals surface area contributed by atoms with Crippen LogP contribution in [0.25, 0.3) is 61.1 Å². The van der Waals surface area contributed by atoms with E-state index in [-0.39, 0.29) is 11.8 Å². The molecule has 0 spiro atoms. The highest BCUT2D eigenvalue weighted by Crippen LogP contribution is 2.43. The molecular weight excluding hydrogens is 619 g/mol. The largest absolute Gasteiger partial charge is 0.308 e. The second-order valence-electron chi connectivity index (χ2n) is 12.4. The number of amides is 2. The molecule has 0 saturated carbocycles. The van der Waals surface area contributed by atoms with Gasteiger partial charge in [-0.1, -0.05) is 109 Å². The molecular formula is C43H29N5O2. The van der Waals surface area contributed by atoms with Crippen LogP contribution in [0.2, 0.25) is 0 Å². The second-order valence-corrected chi connectivity index (χ2v) is 12.4. The van der Waals surface area contributed by atoms with Crippen LogP contribution in [0.1, 0.15) is 32.4 Å². The molecule has 50 heavy (non-hydrogen) atoms. The van der Waals surface area contributed by atoms with Crippen LogP contribution in [0, 0.1) is 13.8 Å². The Labute approximate surface area is 288 Å². The Bertz CT molecular complexity index is 2640. The molecule has 1 aliphatic rings. The van der Waals surface area contributed by atoms with Gasteiger partial charge in [-0.15, -0.1) is 0 Å². The van der Waals surface area contributed by atoms with Crippen LogP contribution < -0.4 is 4.90 Å². The summed E-state index contributed by atoms with van der Waals surface area (Å²) >= 11 is 0. The normalized spacial score (nSPS) is 12.6. The van der Waals surface area contributed by atoms with E-state index in [1.54, 1.807) is 6.07 Å². The van der Waals surface area contributed by atoms with Crippen molar-refractivity contribution >= 4 is 39.3 Å². The number of aromatic nitrogens is 4. The van der Waals surface area contributed by atoms with E-state index in [0.717, 1.165) is 49.6 Å². The summed E-state index contributed by atoms with van der Waals surface area (Å²) in [7, 11) is 0. The molecule has 3 heterocycles. The van der Waals surface area contributed by atoms with Crippen LogP contribution in [-0.2, 0) is 0 Å². The number of imide groups is 1. The van der Waals surface area contributed by atoms with Crippen LogP contribution in [0.15, 0.2) is 140 Å². The van der Waals surface area contributed by atoms with Gasteiger partial charge in [0.15, 0.2) is 5.82 Å². The van der Waals surface area contributed by atoms with Crippen LogP contribution in [0.4, 0.5) is 5.69 Å². The summed E-state index contributed by atoms with van der Waals surface area (Å²) in [6.07, 6.45) is 0. The Morgan fingerprint density at radius 2 is 1.12 bits per heavy atom. The van der Waals surface area contributed by atoms with Crippen molar-refractivity contribution in [3.05, 3.63) is 162 Å². The molecule has 2 amide bonds. The highest BCUT2D eigenvalue weighted by molar-refractivity contribution is 6.36. The van der Waals surface area contributed by atoms with Gasteiger partial charge in [0.05, 0.1) is 33.5 Å². The SMILES string of the molecule is Cc1nc(C)nc(-c2cccc3c4ccccc4n(-c4cccc5c4C(=O)N(c4cc(-c6ccccc6)ccc4-c4ccccc4)C5=O)c23)n1. The molecule has 238 valence electrons. The van der Waals surface area contributed by atoms with Gasteiger partial charge in [0.25, 0.3) is 11.8 Å². The van der Waals surface area contributed by atoms with E-state index in [0.29, 0.717) is 40.0 Å². The van der Waals surface area contributed by atoms with E-state index >= 15 is 0 Å². The summed E-state index contributed by atoms with van der Waals surface area (Å²) in [5.41, 5.74) is 8.02. The third kappa shape index (κ3) is 4.55. The molecule has 6 aromatic carbocycles. The third-order valence-corrected chi connectivity index (χ3v) is 9.36. The van der Waals surface area contributed by atoms with E-state index in [2.05, 4.69) is 21.7 Å². The number of hydrogen-bond donors (Lipinski definition) is 0. The van der Waals surface area contributed by atoms with Crippen molar-refractivity contribution in [1.82, 2.24) is 19.5 Å². The van der Waals surface area contributed by atoms with Crippen molar-refractivity contribution < 1.29 is 9.59 Å². The number of carbonyl (C=O) groups excluding carboxylic acids is 2. The number of hydrogen-bond acceptors (Lipinski definition) is 5. The van der Waals surface area contributed by atoms with Gasteiger partial charge >= 0.3 is 0 Å². The van der Waals surface area contributed by atoms with E-state index in [1.165, 1.54) is 4.90 Å². The van der Waals surface area contributed by atoms with Crippen molar-refractivity contribution in [1.29, 1.82) is 0 Å². The van der Waals surface area contributed by atoms with Crippen molar-refractivity contribution in [2.75, 3.05) is 4.90 Å². The zero-order chi connectivity index (χ0) is 33.9. The van der Waals surface area contributed by atoms with Gasteiger partial charge in [-0.3, -0.25) is 9.59 Å². The van der Waals surface area contributed by atoms with Crippen molar-refractivity contribution in [2.24, 2.45) is 0 Å². The Kier molecular flexibility index (Phi) is 6.74. The topological polar surface area (TPSA) is 81.0 Å². The van der Waals surface area contributed by atoms with Gasteiger partial charge in [0, 0.05) is 21.9 Å². The Morgan fingerprint density at radius 1 is 0.480 bits per heavy atom. The fourth-order valence-corrected chi connectivity index (χ4v) is 7.25. The average molecular weight is 648 g/mol. The maximum Gasteiger partial charge on any atom is 0.268 e. The number of rotatable bonds is 5. The van der Waals surface area contributed by atoms with Crippen LogP contribution in [-0.4, -0.2) is 31.3 Å². The molecule has 0 N–H and O–H groups in total. The fourth-order valence-electron chi connectivity index (χ4n) is 7.25. The first-order chi connectivity index (χ1) is 24.5. The van der Waals surface area contributed by atoms with Gasteiger partial charge in [-0.2, -0.15) is 0 Å². The van der Waals surface area contributed by atoms with E-state index in [9.17, 15) is 9.59 Å². The van der Waals surface area contributed by atoms with Gasteiger partial charge < -0.3 is 4.57 Å². The van der Waals surface area contributed by atoms with Crippen LogP contribution in [0.5, 0.6) is 0 Å².